The highest BCUT2D eigenvalue weighted by Gasteiger charge is 2.37. The molecule has 0 N–H and O–H groups in total. The van der Waals surface area contributed by atoms with Crippen molar-refractivity contribution in [1.29, 1.82) is 0 Å². The molecular formula is C7H7Cl3NOS2-. The van der Waals surface area contributed by atoms with Gasteiger partial charge in [-0.2, -0.15) is 0 Å². The number of hydroxylamine groups is 2. The monoisotopic (exact) mass is 290 g/mol. The van der Waals surface area contributed by atoms with Gasteiger partial charge in [-0.1, -0.05) is 34.8 Å². The summed E-state index contributed by atoms with van der Waals surface area (Å²) in [5.41, 5.74) is 0. The van der Waals surface area contributed by atoms with Crippen LogP contribution in [0.2, 0.25) is 0 Å². The minimum Gasteiger partial charge on any atom is -0.756 e. The van der Waals surface area contributed by atoms with Gasteiger partial charge < -0.3 is 10.3 Å². The molecular weight excluding hydrogens is 285 g/mol. The lowest BCUT2D eigenvalue weighted by Gasteiger charge is -2.47. The summed E-state index contributed by atoms with van der Waals surface area (Å²) in [5.74, 6) is 0. The maximum atomic E-state index is 11.8. The molecule has 0 aliphatic carbocycles. The van der Waals surface area contributed by atoms with Crippen molar-refractivity contribution < 1.29 is 0 Å². The van der Waals surface area contributed by atoms with Gasteiger partial charge in [0.25, 0.3) is 0 Å². The van der Waals surface area contributed by atoms with Crippen LogP contribution in [0.1, 0.15) is 0 Å². The highest BCUT2D eigenvalue weighted by Crippen LogP contribution is 2.49. The zero-order valence-electron chi connectivity index (χ0n) is 7.38. The Hall–Kier alpha value is 0.810. The van der Waals surface area contributed by atoms with E-state index in [1.807, 2.05) is 0 Å². The largest absolute Gasteiger partial charge is 0.756 e. The molecule has 0 saturated carbocycles. The van der Waals surface area contributed by atoms with Gasteiger partial charge in [-0.3, -0.25) is 0 Å². The maximum Gasteiger partial charge on any atom is 0.189 e. The summed E-state index contributed by atoms with van der Waals surface area (Å²) in [5, 5.41) is 13.4. The molecule has 80 valence electrons. The first-order valence-corrected chi connectivity index (χ1v) is 7.08. The Labute approximate surface area is 106 Å². The summed E-state index contributed by atoms with van der Waals surface area (Å²) in [6.45, 7) is 0. The van der Waals surface area contributed by atoms with E-state index >= 15 is 0 Å². The first kappa shape index (κ1) is 12.9. The number of thioether (sulfide) groups is 2. The van der Waals surface area contributed by atoms with Crippen LogP contribution in [-0.4, -0.2) is 21.9 Å². The molecule has 1 aliphatic heterocycles. The Kier molecular flexibility index (Phi) is 4.38. The van der Waals surface area contributed by atoms with Crippen molar-refractivity contribution in [2.75, 3.05) is 12.5 Å². The second-order valence-electron chi connectivity index (χ2n) is 2.41. The molecule has 0 aromatic heterocycles. The van der Waals surface area contributed by atoms with Crippen LogP contribution in [0.3, 0.4) is 0 Å². The van der Waals surface area contributed by atoms with E-state index in [0.717, 1.165) is 11.8 Å². The second kappa shape index (κ2) is 4.76. The number of hydrogen-bond acceptors (Lipinski definition) is 4. The minimum absolute atomic E-state index is 0.226. The summed E-state index contributed by atoms with van der Waals surface area (Å²) in [7, 11) is 0. The Morgan fingerprint density at radius 2 is 2.00 bits per heavy atom. The standard InChI is InChI=1S/C7H7Cl3NOS2/c1-13-6-4(8)3-5(9)7(10,14-2)11(6)12/h3H,1-2H3/q-1. The lowest BCUT2D eigenvalue weighted by atomic mass is 10.4. The van der Waals surface area contributed by atoms with Crippen LogP contribution in [0.15, 0.2) is 21.2 Å². The normalized spacial score (nSPS) is 28.1. The molecule has 0 aromatic rings. The van der Waals surface area contributed by atoms with Gasteiger partial charge >= 0.3 is 0 Å². The van der Waals surface area contributed by atoms with Gasteiger partial charge in [-0.05, 0) is 18.6 Å². The zero-order chi connectivity index (χ0) is 10.9. The Morgan fingerprint density at radius 1 is 1.43 bits per heavy atom. The van der Waals surface area contributed by atoms with Gasteiger partial charge in [0.15, 0.2) is 4.33 Å². The van der Waals surface area contributed by atoms with E-state index in [1.165, 1.54) is 17.8 Å². The summed E-state index contributed by atoms with van der Waals surface area (Å²) >= 11 is 20.2. The fraction of sp³-hybridized carbons (Fsp3) is 0.429. The molecule has 1 unspecified atom stereocenters. The van der Waals surface area contributed by atoms with Crippen LogP contribution in [-0.2, 0) is 0 Å². The van der Waals surface area contributed by atoms with E-state index < -0.39 is 4.33 Å². The fourth-order valence-corrected chi connectivity index (χ4v) is 3.15. The molecule has 1 rings (SSSR count). The van der Waals surface area contributed by atoms with Crippen molar-refractivity contribution in [2.45, 2.75) is 4.33 Å². The van der Waals surface area contributed by atoms with E-state index in [2.05, 4.69) is 0 Å². The number of allylic oxidation sites excluding steroid dienone is 2. The van der Waals surface area contributed by atoms with Crippen molar-refractivity contribution >= 4 is 58.3 Å². The lowest BCUT2D eigenvalue weighted by Crippen LogP contribution is -2.38. The summed E-state index contributed by atoms with van der Waals surface area (Å²) < 4.78 is -1.28. The van der Waals surface area contributed by atoms with Crippen LogP contribution in [0.4, 0.5) is 0 Å². The molecule has 1 atom stereocenters. The van der Waals surface area contributed by atoms with E-state index in [-0.39, 0.29) is 5.03 Å². The third-order valence-corrected chi connectivity index (χ3v) is 5.17. The van der Waals surface area contributed by atoms with E-state index in [4.69, 9.17) is 34.8 Å². The van der Waals surface area contributed by atoms with Crippen LogP contribution in [0, 0.1) is 5.21 Å². The van der Waals surface area contributed by atoms with E-state index in [0.29, 0.717) is 15.1 Å². The fourth-order valence-electron chi connectivity index (χ4n) is 0.947. The molecule has 1 heterocycles. The number of alkyl halides is 1. The smallest absolute Gasteiger partial charge is 0.189 e. The molecule has 2 nitrogen and oxygen atoms in total. The van der Waals surface area contributed by atoms with Gasteiger partial charge in [0.1, 0.15) is 0 Å². The van der Waals surface area contributed by atoms with Crippen LogP contribution in [0.5, 0.6) is 0 Å². The predicted molar refractivity (Wildman–Crippen MR) is 67.6 cm³/mol. The summed E-state index contributed by atoms with van der Waals surface area (Å²) in [4.78, 5) is 0. The summed E-state index contributed by atoms with van der Waals surface area (Å²) in [6, 6.07) is 0. The topological polar surface area (TPSA) is 26.3 Å². The van der Waals surface area contributed by atoms with Gasteiger partial charge in [0.05, 0.1) is 15.1 Å². The highest BCUT2D eigenvalue weighted by atomic mass is 35.5. The van der Waals surface area contributed by atoms with Crippen LogP contribution in [0.25, 0.3) is 0 Å². The molecule has 0 saturated heterocycles. The average Bonchev–Trinajstić information content (AvgIpc) is 2.15. The highest BCUT2D eigenvalue weighted by molar-refractivity contribution is 8.03. The van der Waals surface area contributed by atoms with Crippen molar-refractivity contribution in [1.82, 2.24) is 5.06 Å². The maximum absolute atomic E-state index is 11.8. The lowest BCUT2D eigenvalue weighted by molar-refractivity contribution is 0.469. The third kappa shape index (κ3) is 2.01. The molecule has 0 bridgehead atoms. The first-order chi connectivity index (χ1) is 6.47. The third-order valence-electron chi connectivity index (χ3n) is 1.66. The Morgan fingerprint density at radius 3 is 2.43 bits per heavy atom. The molecule has 0 fully saturated rings. The van der Waals surface area contributed by atoms with Gasteiger partial charge in [-0.25, -0.2) is 0 Å². The Bertz CT molecular complexity index is 307. The number of hydrogen-bond donors (Lipinski definition) is 0. The average molecular weight is 292 g/mol. The van der Waals surface area contributed by atoms with Gasteiger partial charge in [-0.15, -0.1) is 23.5 Å². The zero-order valence-corrected chi connectivity index (χ0v) is 11.3. The second-order valence-corrected chi connectivity index (χ2v) is 5.79. The number of halogens is 3. The van der Waals surface area contributed by atoms with Crippen molar-refractivity contribution in [3.63, 3.8) is 0 Å². The van der Waals surface area contributed by atoms with Crippen LogP contribution < -0.4 is 0 Å². The minimum atomic E-state index is -1.28. The van der Waals surface area contributed by atoms with Crippen molar-refractivity contribution in [2.24, 2.45) is 0 Å². The van der Waals surface area contributed by atoms with Crippen molar-refractivity contribution in [3.8, 4) is 0 Å². The summed E-state index contributed by atoms with van der Waals surface area (Å²) in [6.07, 6.45) is 4.98. The predicted octanol–water partition coefficient (Wildman–Crippen LogP) is 3.95. The quantitative estimate of drug-likeness (QED) is 0.568. The first-order valence-electron chi connectivity index (χ1n) is 3.50. The van der Waals surface area contributed by atoms with Gasteiger partial charge in [0.2, 0.25) is 0 Å². The molecule has 14 heavy (non-hydrogen) atoms. The Balaban J connectivity index is 3.18. The van der Waals surface area contributed by atoms with E-state index in [9.17, 15) is 5.21 Å². The molecule has 0 amide bonds. The molecule has 0 aromatic carbocycles. The molecule has 0 spiro atoms. The van der Waals surface area contributed by atoms with E-state index in [1.54, 1.807) is 12.5 Å². The SMILES string of the molecule is CSC1=C(Cl)C=C(Cl)C(Cl)(SC)N1[O-]. The molecule has 7 heteroatoms. The molecule has 1 aliphatic rings. The number of rotatable bonds is 2. The van der Waals surface area contributed by atoms with Gasteiger partial charge in [0, 0.05) is 0 Å². The number of nitrogens with zero attached hydrogens (tertiary/aromatic N) is 1. The van der Waals surface area contributed by atoms with Crippen molar-refractivity contribution in [3.05, 3.63) is 26.4 Å². The molecule has 0 radical (unpaired) electrons. The van der Waals surface area contributed by atoms with Crippen LogP contribution >= 0.6 is 58.3 Å².